The van der Waals surface area contributed by atoms with Crippen molar-refractivity contribution in [3.8, 4) is 0 Å². The fraction of sp³-hybridized carbons (Fsp3) is 0.800. The van der Waals surface area contributed by atoms with Gasteiger partial charge in [-0.25, -0.2) is 13.2 Å². The number of hydrogen-bond donors (Lipinski definition) is 1. The zero-order valence-electron chi connectivity index (χ0n) is 5.94. The molecule has 7 heteroatoms. The summed E-state index contributed by atoms with van der Waals surface area (Å²) in [6, 6.07) is 0. The van der Waals surface area contributed by atoms with Gasteiger partial charge < -0.3 is 9.84 Å². The molecule has 2 atom stereocenters. The third-order valence-corrected chi connectivity index (χ3v) is 3.29. The summed E-state index contributed by atoms with van der Waals surface area (Å²) < 4.78 is 26.0. The minimum atomic E-state index is -3.28. The van der Waals surface area contributed by atoms with Gasteiger partial charge in [-0.3, -0.25) is 0 Å². The summed E-state index contributed by atoms with van der Waals surface area (Å²) in [5, 5.41) is 9.06. The molecule has 12 heavy (non-hydrogen) atoms. The number of sulfone groups is 1. The van der Waals surface area contributed by atoms with E-state index in [0.29, 0.717) is 0 Å². The molecule has 5 nitrogen and oxygen atoms in total. The minimum absolute atomic E-state index is 0.355. The Hall–Kier alpha value is -0.330. The Labute approximate surface area is 74.2 Å². The van der Waals surface area contributed by atoms with Crippen LogP contribution in [0.3, 0.4) is 0 Å². The average Bonchev–Trinajstić information content (AvgIpc) is 2.03. The van der Waals surface area contributed by atoms with Gasteiger partial charge >= 0.3 is 5.43 Å². The summed E-state index contributed by atoms with van der Waals surface area (Å²) in [7, 11) is -3.28. The number of halogens is 1. The lowest BCUT2D eigenvalue weighted by atomic mass is 10.3. The Morgan fingerprint density at radius 2 is 2.08 bits per heavy atom. The topological polar surface area (TPSA) is 80.7 Å². The van der Waals surface area contributed by atoms with Crippen LogP contribution in [0.4, 0.5) is 4.79 Å². The average molecular weight is 215 g/mol. The number of carbonyl (C=O) groups excluding carboxylic acids is 1. The first-order valence-electron chi connectivity index (χ1n) is 3.15. The normalized spacial score (nSPS) is 33.2. The summed E-state index contributed by atoms with van der Waals surface area (Å²) in [6.07, 6.45) is -2.17. The van der Waals surface area contributed by atoms with Crippen molar-refractivity contribution in [3.05, 3.63) is 0 Å². The van der Waals surface area contributed by atoms with Gasteiger partial charge in [0, 0.05) is 11.6 Å². The number of aliphatic hydroxyl groups is 1. The number of hydrogen-bond acceptors (Lipinski definition) is 5. The van der Waals surface area contributed by atoms with Crippen LogP contribution in [0.1, 0.15) is 0 Å². The number of rotatable bonds is 1. The second kappa shape index (κ2) is 3.20. The van der Waals surface area contributed by atoms with Crippen molar-refractivity contribution in [1.82, 2.24) is 0 Å². The van der Waals surface area contributed by atoms with Crippen LogP contribution < -0.4 is 0 Å². The highest BCUT2D eigenvalue weighted by molar-refractivity contribution is 7.91. The SMILES string of the molecule is O=C(Cl)O[C@@H]1CS(=O)(=O)C[C@H]1O. The Balaban J connectivity index is 2.64. The third-order valence-electron chi connectivity index (χ3n) is 1.52. The molecule has 0 aromatic carbocycles. The summed E-state index contributed by atoms with van der Waals surface area (Å²) in [5.41, 5.74) is -1.10. The van der Waals surface area contributed by atoms with Crippen LogP contribution in [0.5, 0.6) is 0 Å². The molecule has 0 bridgehead atoms. The molecule has 1 aliphatic rings. The molecule has 1 aliphatic heterocycles. The first kappa shape index (κ1) is 9.76. The predicted octanol–water partition coefficient (Wildman–Crippen LogP) is -0.480. The Kier molecular flexibility index (Phi) is 2.60. The Morgan fingerprint density at radius 3 is 2.42 bits per heavy atom. The van der Waals surface area contributed by atoms with E-state index < -0.39 is 27.5 Å². The van der Waals surface area contributed by atoms with Crippen molar-refractivity contribution in [2.75, 3.05) is 11.5 Å². The molecule has 1 saturated heterocycles. The largest absolute Gasteiger partial charge is 0.446 e. The summed E-state index contributed by atoms with van der Waals surface area (Å²) >= 11 is 4.85. The number of aliphatic hydroxyl groups excluding tert-OH is 1. The van der Waals surface area contributed by atoms with Gasteiger partial charge in [0.15, 0.2) is 9.84 Å². The molecule has 0 unspecified atom stereocenters. The maximum absolute atomic E-state index is 10.8. The van der Waals surface area contributed by atoms with E-state index in [0.717, 1.165) is 0 Å². The molecule has 0 radical (unpaired) electrons. The van der Waals surface area contributed by atoms with E-state index >= 15 is 0 Å². The zero-order chi connectivity index (χ0) is 9.35. The smallest absolute Gasteiger partial charge is 0.404 e. The van der Waals surface area contributed by atoms with Crippen LogP contribution in [-0.4, -0.2) is 42.7 Å². The summed E-state index contributed by atoms with van der Waals surface area (Å²) in [5.74, 6) is -0.728. The first-order valence-corrected chi connectivity index (χ1v) is 5.35. The van der Waals surface area contributed by atoms with Gasteiger partial charge in [0.1, 0.15) is 12.2 Å². The number of ether oxygens (including phenoxy) is 1. The summed E-state index contributed by atoms with van der Waals surface area (Å²) in [6.45, 7) is 0. The second-order valence-electron chi connectivity index (χ2n) is 2.54. The molecule has 1 fully saturated rings. The van der Waals surface area contributed by atoms with Crippen molar-refractivity contribution in [2.45, 2.75) is 12.2 Å². The highest BCUT2D eigenvalue weighted by Gasteiger charge is 2.38. The van der Waals surface area contributed by atoms with Gasteiger partial charge in [0.2, 0.25) is 0 Å². The van der Waals surface area contributed by atoms with Gasteiger partial charge in [0.25, 0.3) is 0 Å². The predicted molar refractivity (Wildman–Crippen MR) is 40.8 cm³/mol. The molecule has 70 valence electrons. The van der Waals surface area contributed by atoms with E-state index in [4.69, 9.17) is 16.7 Å². The van der Waals surface area contributed by atoms with Gasteiger partial charge in [-0.15, -0.1) is 0 Å². The maximum Gasteiger partial charge on any atom is 0.404 e. The van der Waals surface area contributed by atoms with Crippen molar-refractivity contribution >= 4 is 26.9 Å². The Bertz CT molecular complexity index is 284. The lowest BCUT2D eigenvalue weighted by molar-refractivity contribution is 0.0453. The first-order chi connectivity index (χ1) is 5.41. The molecule has 0 aromatic heterocycles. The van der Waals surface area contributed by atoms with Crippen LogP contribution in [0.15, 0.2) is 0 Å². The van der Waals surface area contributed by atoms with Gasteiger partial charge in [0.05, 0.1) is 11.5 Å². The molecule has 1 rings (SSSR count). The quantitative estimate of drug-likeness (QED) is 0.597. The van der Waals surface area contributed by atoms with Crippen LogP contribution in [0.25, 0.3) is 0 Å². The molecule has 0 spiro atoms. The molecule has 0 amide bonds. The van der Waals surface area contributed by atoms with E-state index in [2.05, 4.69) is 4.74 Å². The van der Waals surface area contributed by atoms with Crippen LogP contribution in [0.2, 0.25) is 0 Å². The van der Waals surface area contributed by atoms with Crippen LogP contribution in [-0.2, 0) is 14.6 Å². The third kappa shape index (κ3) is 2.33. The molecule has 1 N–H and O–H groups in total. The zero-order valence-corrected chi connectivity index (χ0v) is 7.51. The van der Waals surface area contributed by atoms with E-state index in [-0.39, 0.29) is 11.5 Å². The van der Waals surface area contributed by atoms with Crippen LogP contribution in [0, 0.1) is 0 Å². The highest BCUT2D eigenvalue weighted by Crippen LogP contribution is 2.16. The minimum Gasteiger partial charge on any atom is -0.446 e. The van der Waals surface area contributed by atoms with Gasteiger partial charge in [-0.2, -0.15) is 0 Å². The monoisotopic (exact) mass is 214 g/mol. The van der Waals surface area contributed by atoms with E-state index in [1.54, 1.807) is 0 Å². The maximum atomic E-state index is 10.8. The molecule has 0 aromatic rings. The molecule has 0 saturated carbocycles. The standard InChI is InChI=1S/C5H7ClO5S/c6-5(8)11-4-2-12(9,10)1-3(4)7/h3-4,7H,1-2H2/t3-,4-/m1/s1. The molecular weight excluding hydrogens is 208 g/mol. The van der Waals surface area contributed by atoms with E-state index in [1.807, 2.05) is 0 Å². The highest BCUT2D eigenvalue weighted by atomic mass is 35.5. The summed E-state index contributed by atoms with van der Waals surface area (Å²) in [4.78, 5) is 10.2. The lowest BCUT2D eigenvalue weighted by Gasteiger charge is -2.10. The van der Waals surface area contributed by atoms with E-state index in [1.165, 1.54) is 0 Å². The van der Waals surface area contributed by atoms with Gasteiger partial charge in [-0.05, 0) is 0 Å². The van der Waals surface area contributed by atoms with Crippen molar-refractivity contribution < 1.29 is 23.1 Å². The van der Waals surface area contributed by atoms with Crippen molar-refractivity contribution in [1.29, 1.82) is 0 Å². The lowest BCUT2D eigenvalue weighted by Crippen LogP contribution is -2.27. The van der Waals surface area contributed by atoms with Crippen molar-refractivity contribution in [2.24, 2.45) is 0 Å². The van der Waals surface area contributed by atoms with Crippen molar-refractivity contribution in [3.63, 3.8) is 0 Å². The van der Waals surface area contributed by atoms with Crippen LogP contribution >= 0.6 is 11.6 Å². The second-order valence-corrected chi connectivity index (χ2v) is 5.00. The molecular formula is C5H7ClO5S. The fourth-order valence-corrected chi connectivity index (χ4v) is 2.80. The number of carbonyl (C=O) groups is 1. The van der Waals surface area contributed by atoms with Gasteiger partial charge in [-0.1, -0.05) is 0 Å². The van der Waals surface area contributed by atoms with E-state index in [9.17, 15) is 13.2 Å². The molecule has 1 heterocycles. The Morgan fingerprint density at radius 1 is 1.50 bits per heavy atom. The molecule has 0 aliphatic carbocycles. The fourth-order valence-electron chi connectivity index (χ4n) is 1.03.